The molecule has 24 heavy (non-hydrogen) atoms. The Morgan fingerprint density at radius 3 is 2.62 bits per heavy atom. The zero-order valence-electron chi connectivity index (χ0n) is 14.5. The molecule has 1 saturated carbocycles. The van der Waals surface area contributed by atoms with Gasteiger partial charge in [0.1, 0.15) is 5.75 Å². The van der Waals surface area contributed by atoms with Gasteiger partial charge < -0.3 is 21.1 Å². The van der Waals surface area contributed by atoms with E-state index in [9.17, 15) is 9.90 Å². The molecule has 0 radical (unpaired) electrons. The molecule has 0 heterocycles. The van der Waals surface area contributed by atoms with Gasteiger partial charge in [0.05, 0.1) is 0 Å². The molecule has 5 nitrogen and oxygen atoms in total. The van der Waals surface area contributed by atoms with Crippen LogP contribution in [0.15, 0.2) is 24.3 Å². The second-order valence-corrected chi connectivity index (χ2v) is 6.55. The molecular weight excluding hydrogens is 302 g/mol. The van der Waals surface area contributed by atoms with Gasteiger partial charge >= 0.3 is 0 Å². The van der Waals surface area contributed by atoms with E-state index < -0.39 is 0 Å². The van der Waals surface area contributed by atoms with Crippen LogP contribution in [0.2, 0.25) is 0 Å². The Morgan fingerprint density at radius 2 is 1.83 bits per heavy atom. The van der Waals surface area contributed by atoms with Crippen LogP contribution in [0.3, 0.4) is 0 Å². The molecule has 0 unspecified atom stereocenters. The lowest BCUT2D eigenvalue weighted by molar-refractivity contribution is 0.0952. The van der Waals surface area contributed by atoms with Crippen molar-refractivity contribution in [2.24, 2.45) is 0 Å². The molecule has 0 spiro atoms. The van der Waals surface area contributed by atoms with E-state index in [0.717, 1.165) is 38.5 Å². The SMILES string of the molecule is O=C(NCCCCNCCNC1CCCCC1)c1cccc(O)c1. The zero-order valence-corrected chi connectivity index (χ0v) is 14.5. The molecule has 1 amide bonds. The van der Waals surface area contributed by atoms with Crippen molar-refractivity contribution in [3.8, 4) is 5.75 Å². The lowest BCUT2D eigenvalue weighted by atomic mass is 9.95. The Bertz CT molecular complexity index is 487. The lowest BCUT2D eigenvalue weighted by Crippen LogP contribution is -2.36. The first-order valence-electron chi connectivity index (χ1n) is 9.27. The Balaban J connectivity index is 1.42. The molecule has 0 aliphatic heterocycles. The maximum Gasteiger partial charge on any atom is 0.251 e. The number of nitrogens with one attached hydrogen (secondary N) is 3. The van der Waals surface area contributed by atoms with E-state index in [1.54, 1.807) is 18.2 Å². The van der Waals surface area contributed by atoms with E-state index in [1.807, 2.05) is 0 Å². The van der Waals surface area contributed by atoms with E-state index >= 15 is 0 Å². The molecule has 1 aromatic rings. The number of aromatic hydroxyl groups is 1. The third-order valence-corrected chi connectivity index (χ3v) is 4.51. The maximum atomic E-state index is 11.9. The standard InChI is InChI=1S/C19H31N3O2/c23-18-10-6-7-16(15-18)19(24)22-12-5-4-11-20-13-14-21-17-8-2-1-3-9-17/h6-7,10,15,17,20-21,23H,1-5,8-9,11-14H2,(H,22,24). The molecule has 0 bridgehead atoms. The Morgan fingerprint density at radius 1 is 1.04 bits per heavy atom. The lowest BCUT2D eigenvalue weighted by Gasteiger charge is -2.22. The summed E-state index contributed by atoms with van der Waals surface area (Å²) in [6.07, 6.45) is 8.81. The molecular formula is C19H31N3O2. The van der Waals surface area contributed by atoms with Gasteiger partial charge in [0.15, 0.2) is 0 Å². The Kier molecular flexibility index (Phi) is 8.63. The second kappa shape index (κ2) is 11.0. The third-order valence-electron chi connectivity index (χ3n) is 4.51. The molecule has 1 fully saturated rings. The van der Waals surface area contributed by atoms with Gasteiger partial charge in [-0.1, -0.05) is 25.3 Å². The molecule has 4 N–H and O–H groups in total. The van der Waals surface area contributed by atoms with Crippen LogP contribution in [0.4, 0.5) is 0 Å². The summed E-state index contributed by atoms with van der Waals surface area (Å²) in [6.45, 7) is 3.69. The summed E-state index contributed by atoms with van der Waals surface area (Å²) in [5.74, 6) is -0.00997. The molecule has 2 rings (SSSR count). The van der Waals surface area contributed by atoms with E-state index in [0.29, 0.717) is 12.1 Å². The summed E-state index contributed by atoms with van der Waals surface area (Å²) < 4.78 is 0. The largest absolute Gasteiger partial charge is 0.508 e. The molecule has 1 aliphatic carbocycles. The van der Waals surface area contributed by atoms with Gasteiger partial charge in [-0.2, -0.15) is 0 Å². The summed E-state index contributed by atoms with van der Waals surface area (Å²) in [5, 5.41) is 19.3. The minimum absolute atomic E-state index is 0.119. The van der Waals surface area contributed by atoms with Crippen LogP contribution in [0.1, 0.15) is 55.3 Å². The van der Waals surface area contributed by atoms with Crippen molar-refractivity contribution in [1.82, 2.24) is 16.0 Å². The minimum atomic E-state index is -0.129. The smallest absolute Gasteiger partial charge is 0.251 e. The highest BCUT2D eigenvalue weighted by molar-refractivity contribution is 5.94. The van der Waals surface area contributed by atoms with Crippen molar-refractivity contribution in [2.45, 2.75) is 51.0 Å². The van der Waals surface area contributed by atoms with Crippen molar-refractivity contribution in [3.05, 3.63) is 29.8 Å². The van der Waals surface area contributed by atoms with Gasteiger partial charge in [0.25, 0.3) is 5.91 Å². The molecule has 0 atom stereocenters. The first kappa shape index (κ1) is 18.7. The maximum absolute atomic E-state index is 11.9. The molecule has 134 valence electrons. The van der Waals surface area contributed by atoms with Gasteiger partial charge in [-0.25, -0.2) is 0 Å². The Labute approximate surface area is 145 Å². The number of rotatable bonds is 10. The van der Waals surface area contributed by atoms with Gasteiger partial charge in [0.2, 0.25) is 0 Å². The number of phenols is 1. The van der Waals surface area contributed by atoms with Gasteiger partial charge in [-0.05, 0) is 50.4 Å². The van der Waals surface area contributed by atoms with Crippen molar-refractivity contribution < 1.29 is 9.90 Å². The van der Waals surface area contributed by atoms with Crippen LogP contribution < -0.4 is 16.0 Å². The average molecular weight is 333 g/mol. The number of unbranched alkanes of at least 4 members (excludes halogenated alkanes) is 1. The zero-order chi connectivity index (χ0) is 17.0. The van der Waals surface area contributed by atoms with Crippen molar-refractivity contribution in [3.63, 3.8) is 0 Å². The predicted molar refractivity (Wildman–Crippen MR) is 97.4 cm³/mol. The first-order valence-corrected chi connectivity index (χ1v) is 9.27. The summed E-state index contributed by atoms with van der Waals surface area (Å²) in [6, 6.07) is 7.15. The fourth-order valence-electron chi connectivity index (χ4n) is 3.12. The highest BCUT2D eigenvalue weighted by Crippen LogP contribution is 2.16. The van der Waals surface area contributed by atoms with E-state index in [-0.39, 0.29) is 11.7 Å². The molecule has 1 aliphatic rings. The monoisotopic (exact) mass is 333 g/mol. The number of benzene rings is 1. The minimum Gasteiger partial charge on any atom is -0.508 e. The summed E-state index contributed by atoms with van der Waals surface area (Å²) in [7, 11) is 0. The van der Waals surface area contributed by atoms with Crippen molar-refractivity contribution >= 4 is 5.91 Å². The van der Waals surface area contributed by atoms with Gasteiger partial charge in [0, 0.05) is 31.2 Å². The van der Waals surface area contributed by atoms with E-state index in [4.69, 9.17) is 0 Å². The number of hydrogen-bond donors (Lipinski definition) is 4. The summed E-state index contributed by atoms with van der Waals surface area (Å²) in [5.41, 5.74) is 0.502. The summed E-state index contributed by atoms with van der Waals surface area (Å²) in [4.78, 5) is 11.9. The number of carbonyl (C=O) groups excluding carboxylic acids is 1. The predicted octanol–water partition coefficient (Wildman–Crippen LogP) is 2.41. The molecule has 0 saturated heterocycles. The van der Waals surface area contributed by atoms with Crippen molar-refractivity contribution in [2.75, 3.05) is 26.2 Å². The summed E-state index contributed by atoms with van der Waals surface area (Å²) >= 11 is 0. The van der Waals surface area contributed by atoms with Crippen LogP contribution in [-0.4, -0.2) is 43.2 Å². The molecule has 0 aromatic heterocycles. The van der Waals surface area contributed by atoms with Crippen LogP contribution in [0.25, 0.3) is 0 Å². The number of carbonyl (C=O) groups is 1. The van der Waals surface area contributed by atoms with Gasteiger partial charge in [-0.15, -0.1) is 0 Å². The average Bonchev–Trinajstić information content (AvgIpc) is 2.61. The van der Waals surface area contributed by atoms with E-state index in [1.165, 1.54) is 38.2 Å². The molecule has 5 heteroatoms. The fraction of sp³-hybridized carbons (Fsp3) is 0.632. The van der Waals surface area contributed by atoms with Crippen LogP contribution >= 0.6 is 0 Å². The quantitative estimate of drug-likeness (QED) is 0.496. The molecule has 1 aromatic carbocycles. The van der Waals surface area contributed by atoms with Crippen LogP contribution in [0.5, 0.6) is 5.75 Å². The second-order valence-electron chi connectivity index (χ2n) is 6.55. The normalized spacial score (nSPS) is 15.3. The number of hydrogen-bond acceptors (Lipinski definition) is 4. The number of phenolic OH excluding ortho intramolecular Hbond substituents is 1. The highest BCUT2D eigenvalue weighted by atomic mass is 16.3. The Hall–Kier alpha value is -1.59. The first-order chi connectivity index (χ1) is 11.8. The van der Waals surface area contributed by atoms with Crippen molar-refractivity contribution in [1.29, 1.82) is 0 Å². The number of amides is 1. The van der Waals surface area contributed by atoms with E-state index in [2.05, 4.69) is 16.0 Å². The third kappa shape index (κ3) is 7.32. The highest BCUT2D eigenvalue weighted by Gasteiger charge is 2.11. The topological polar surface area (TPSA) is 73.4 Å². The van der Waals surface area contributed by atoms with Crippen LogP contribution in [-0.2, 0) is 0 Å². The van der Waals surface area contributed by atoms with Gasteiger partial charge in [-0.3, -0.25) is 4.79 Å². The fourth-order valence-corrected chi connectivity index (χ4v) is 3.12. The van der Waals surface area contributed by atoms with Crippen LogP contribution in [0, 0.1) is 0 Å².